The molecule has 0 saturated heterocycles. The summed E-state index contributed by atoms with van der Waals surface area (Å²) in [5.74, 6) is 0.522. The summed E-state index contributed by atoms with van der Waals surface area (Å²) in [5, 5.41) is 2.86. The lowest BCUT2D eigenvalue weighted by atomic mass is 9.95. The second kappa shape index (κ2) is 10.5. The van der Waals surface area contributed by atoms with Gasteiger partial charge in [0.25, 0.3) is 0 Å². The molecule has 0 radical (unpaired) electrons. The maximum Gasteiger partial charge on any atom is 0.222 e. The highest BCUT2D eigenvalue weighted by molar-refractivity contribution is 5.75. The highest BCUT2D eigenvalue weighted by Gasteiger charge is 2.14. The Kier molecular flexibility index (Phi) is 10.2. The largest absolute Gasteiger partial charge is 0.381 e. The summed E-state index contributed by atoms with van der Waals surface area (Å²) in [6.45, 7) is 8.11. The zero-order valence-corrected chi connectivity index (χ0v) is 11.5. The molecular formula is C13H28N2O2. The van der Waals surface area contributed by atoms with E-state index in [4.69, 9.17) is 10.5 Å². The van der Waals surface area contributed by atoms with E-state index in [0.717, 1.165) is 25.9 Å². The predicted molar refractivity (Wildman–Crippen MR) is 70.8 cm³/mol. The molecular weight excluding hydrogens is 216 g/mol. The third-order valence-corrected chi connectivity index (χ3v) is 3.01. The fraction of sp³-hybridized carbons (Fsp3) is 0.923. The molecule has 0 saturated carbocycles. The first-order valence-electron chi connectivity index (χ1n) is 6.75. The molecule has 4 heteroatoms. The number of carbonyl (C=O) groups is 1. The highest BCUT2D eigenvalue weighted by Crippen LogP contribution is 2.10. The molecule has 1 unspecified atom stereocenters. The van der Waals surface area contributed by atoms with Gasteiger partial charge in [0.1, 0.15) is 0 Å². The van der Waals surface area contributed by atoms with Gasteiger partial charge in [0, 0.05) is 25.6 Å². The van der Waals surface area contributed by atoms with Crippen molar-refractivity contribution in [2.24, 2.45) is 11.7 Å². The van der Waals surface area contributed by atoms with Crippen LogP contribution in [0.5, 0.6) is 0 Å². The molecule has 0 spiro atoms. The Morgan fingerprint density at radius 3 is 2.41 bits per heavy atom. The van der Waals surface area contributed by atoms with Gasteiger partial charge in [-0.25, -0.2) is 0 Å². The van der Waals surface area contributed by atoms with E-state index in [1.54, 1.807) is 0 Å². The molecule has 1 atom stereocenters. The number of carbonyl (C=O) groups excluding carboxylic acids is 1. The van der Waals surface area contributed by atoms with Gasteiger partial charge in [-0.1, -0.05) is 33.6 Å². The smallest absolute Gasteiger partial charge is 0.222 e. The van der Waals surface area contributed by atoms with Crippen molar-refractivity contribution in [1.29, 1.82) is 0 Å². The molecule has 0 rings (SSSR count). The van der Waals surface area contributed by atoms with Crippen molar-refractivity contribution in [3.63, 3.8) is 0 Å². The minimum absolute atomic E-state index is 0.0301. The van der Waals surface area contributed by atoms with E-state index in [1.165, 1.54) is 0 Å². The molecule has 4 nitrogen and oxygen atoms in total. The summed E-state index contributed by atoms with van der Waals surface area (Å²) >= 11 is 0. The highest BCUT2D eigenvalue weighted by atomic mass is 16.5. The Morgan fingerprint density at radius 1 is 1.24 bits per heavy atom. The van der Waals surface area contributed by atoms with Crippen molar-refractivity contribution < 1.29 is 9.53 Å². The Balaban J connectivity index is 3.61. The van der Waals surface area contributed by atoms with Crippen molar-refractivity contribution in [2.75, 3.05) is 19.8 Å². The second-order valence-electron chi connectivity index (χ2n) is 4.41. The zero-order chi connectivity index (χ0) is 13.1. The van der Waals surface area contributed by atoms with E-state index in [2.05, 4.69) is 26.1 Å². The first-order chi connectivity index (χ1) is 8.15. The van der Waals surface area contributed by atoms with Gasteiger partial charge in [0.15, 0.2) is 0 Å². The van der Waals surface area contributed by atoms with Crippen LogP contribution in [0.2, 0.25) is 0 Å². The first kappa shape index (κ1) is 16.4. The number of amides is 1. The molecule has 0 aliphatic carbocycles. The lowest BCUT2D eigenvalue weighted by molar-refractivity contribution is -0.122. The van der Waals surface area contributed by atoms with Gasteiger partial charge in [0.2, 0.25) is 5.91 Å². The predicted octanol–water partition coefficient (Wildman–Crippen LogP) is 1.68. The molecule has 0 aromatic rings. The molecule has 3 N–H and O–H groups in total. The summed E-state index contributed by atoms with van der Waals surface area (Å²) in [4.78, 5) is 11.5. The third-order valence-electron chi connectivity index (χ3n) is 3.01. The Hall–Kier alpha value is -0.610. The lowest BCUT2D eigenvalue weighted by Gasteiger charge is -2.21. The minimum atomic E-state index is 0.0301. The molecule has 0 fully saturated rings. The third kappa shape index (κ3) is 8.16. The lowest BCUT2D eigenvalue weighted by Crippen LogP contribution is -2.42. The van der Waals surface area contributed by atoms with Crippen LogP contribution < -0.4 is 11.1 Å². The molecule has 0 aliphatic rings. The topological polar surface area (TPSA) is 64.3 Å². The maximum atomic E-state index is 11.5. The second-order valence-corrected chi connectivity index (χ2v) is 4.41. The van der Waals surface area contributed by atoms with E-state index in [-0.39, 0.29) is 11.9 Å². The fourth-order valence-corrected chi connectivity index (χ4v) is 1.79. The summed E-state index contributed by atoms with van der Waals surface area (Å²) < 4.78 is 5.26. The van der Waals surface area contributed by atoms with Crippen molar-refractivity contribution in [3.8, 4) is 0 Å². The van der Waals surface area contributed by atoms with Crippen molar-refractivity contribution in [1.82, 2.24) is 5.32 Å². The SMILES string of the molecule is CCCOCCC(=O)NCC(N)C(CC)CC. The van der Waals surface area contributed by atoms with Gasteiger partial charge >= 0.3 is 0 Å². The average Bonchev–Trinajstić information content (AvgIpc) is 2.33. The fourth-order valence-electron chi connectivity index (χ4n) is 1.79. The van der Waals surface area contributed by atoms with Crippen molar-refractivity contribution in [2.45, 2.75) is 52.5 Å². The number of nitrogens with two attached hydrogens (primary N) is 1. The molecule has 1 amide bonds. The molecule has 0 aromatic carbocycles. The Morgan fingerprint density at radius 2 is 1.88 bits per heavy atom. The van der Waals surface area contributed by atoms with Gasteiger partial charge in [0.05, 0.1) is 6.61 Å². The van der Waals surface area contributed by atoms with Crippen LogP contribution in [0.15, 0.2) is 0 Å². The van der Waals surface area contributed by atoms with Crippen molar-refractivity contribution in [3.05, 3.63) is 0 Å². The van der Waals surface area contributed by atoms with Crippen molar-refractivity contribution >= 4 is 5.91 Å². The van der Waals surface area contributed by atoms with Crippen LogP contribution in [0.1, 0.15) is 46.5 Å². The van der Waals surface area contributed by atoms with Gasteiger partial charge < -0.3 is 15.8 Å². The van der Waals surface area contributed by atoms with Crippen LogP contribution >= 0.6 is 0 Å². The monoisotopic (exact) mass is 244 g/mol. The maximum absolute atomic E-state index is 11.5. The molecule has 0 bridgehead atoms. The van der Waals surface area contributed by atoms with Crippen LogP contribution in [0.4, 0.5) is 0 Å². The minimum Gasteiger partial charge on any atom is -0.381 e. The van der Waals surface area contributed by atoms with E-state index in [9.17, 15) is 4.79 Å². The number of ether oxygens (including phenoxy) is 1. The van der Waals surface area contributed by atoms with Crippen LogP contribution in [0, 0.1) is 5.92 Å². The number of hydrogen-bond acceptors (Lipinski definition) is 3. The Labute approximate surface area is 105 Å². The first-order valence-corrected chi connectivity index (χ1v) is 6.75. The summed E-state index contributed by atoms with van der Waals surface area (Å²) in [7, 11) is 0. The van der Waals surface area contributed by atoms with Gasteiger partial charge in [-0.05, 0) is 12.3 Å². The zero-order valence-electron chi connectivity index (χ0n) is 11.5. The van der Waals surface area contributed by atoms with Gasteiger partial charge in [-0.2, -0.15) is 0 Å². The van der Waals surface area contributed by atoms with E-state index < -0.39 is 0 Å². The number of rotatable bonds is 10. The van der Waals surface area contributed by atoms with Gasteiger partial charge in [-0.15, -0.1) is 0 Å². The quantitative estimate of drug-likeness (QED) is 0.575. The van der Waals surface area contributed by atoms with E-state index >= 15 is 0 Å². The number of hydrogen-bond donors (Lipinski definition) is 2. The van der Waals surface area contributed by atoms with Crippen LogP contribution in [0.3, 0.4) is 0 Å². The summed E-state index contributed by atoms with van der Waals surface area (Å²) in [6, 6.07) is 0.0607. The molecule has 0 aromatic heterocycles. The summed E-state index contributed by atoms with van der Waals surface area (Å²) in [5.41, 5.74) is 6.02. The van der Waals surface area contributed by atoms with Crippen LogP contribution in [-0.2, 0) is 9.53 Å². The van der Waals surface area contributed by atoms with Crippen LogP contribution in [-0.4, -0.2) is 31.7 Å². The van der Waals surface area contributed by atoms with E-state index in [0.29, 0.717) is 25.5 Å². The van der Waals surface area contributed by atoms with Crippen LogP contribution in [0.25, 0.3) is 0 Å². The normalized spacial score (nSPS) is 12.8. The Bertz CT molecular complexity index is 194. The molecule has 0 aliphatic heterocycles. The van der Waals surface area contributed by atoms with Gasteiger partial charge in [-0.3, -0.25) is 4.79 Å². The average molecular weight is 244 g/mol. The standard InChI is InChI=1S/C13H28N2O2/c1-4-8-17-9-7-13(16)15-10-12(14)11(5-2)6-3/h11-12H,4-10,14H2,1-3H3,(H,15,16). The molecule has 102 valence electrons. The molecule has 17 heavy (non-hydrogen) atoms. The number of nitrogens with one attached hydrogen (secondary N) is 1. The van der Waals surface area contributed by atoms with E-state index in [1.807, 2.05) is 0 Å². The summed E-state index contributed by atoms with van der Waals surface area (Å²) in [6.07, 6.45) is 3.54. The molecule has 0 heterocycles.